The maximum atomic E-state index is 10.2. The van der Waals surface area contributed by atoms with Gasteiger partial charge in [-0.1, -0.05) is 11.8 Å². The molecule has 1 atom stereocenters. The molecule has 0 radical (unpaired) electrons. The lowest BCUT2D eigenvalue weighted by Gasteiger charge is -1.86. The zero-order valence-electron chi connectivity index (χ0n) is 4.31. The van der Waals surface area contributed by atoms with Gasteiger partial charge in [0.15, 0.2) is 5.12 Å². The van der Waals surface area contributed by atoms with E-state index in [0.717, 1.165) is 11.9 Å². The first-order valence-electron chi connectivity index (χ1n) is 2.11. The van der Waals surface area contributed by atoms with Gasteiger partial charge in [-0.25, -0.2) is 0 Å². The fraction of sp³-hybridized carbons (Fsp3) is 0.750. The lowest BCUT2D eigenvalue weighted by atomic mass is 10.9. The minimum absolute atomic E-state index is 0.211. The van der Waals surface area contributed by atoms with Crippen molar-refractivity contribution < 1.29 is 4.79 Å². The normalized spacial score (nSPS) is 8.86. The monoisotopic (exact) mass is 136 g/mol. The average Bonchev–Trinajstić information content (AvgIpc) is 1.61. The molecule has 7 heavy (non-hydrogen) atoms. The van der Waals surface area contributed by atoms with E-state index in [9.17, 15) is 4.79 Å². The Hall–Kier alpha value is 0.450. The molecule has 42 valence electrons. The lowest BCUT2D eigenvalue weighted by Crippen LogP contribution is -1.84. The van der Waals surface area contributed by atoms with Crippen LogP contribution in [0.4, 0.5) is 0 Å². The van der Waals surface area contributed by atoms with Crippen molar-refractivity contribution in [3.8, 4) is 0 Å². The minimum atomic E-state index is 0.211. The maximum Gasteiger partial charge on any atom is 0.185 e. The number of carbonyl (C=O) groups is 1. The maximum absolute atomic E-state index is 10.2. The summed E-state index contributed by atoms with van der Waals surface area (Å²) >= 11 is 1.37. The van der Waals surface area contributed by atoms with Crippen molar-refractivity contribution in [3.63, 3.8) is 0 Å². The Morgan fingerprint density at radius 2 is 2.43 bits per heavy atom. The number of rotatable bonds is 2. The third-order valence-corrected chi connectivity index (χ3v) is 1.98. The molecule has 0 aliphatic heterocycles. The number of hydrogen-bond donors (Lipinski definition) is 0. The highest BCUT2D eigenvalue weighted by atomic mass is 32.2. The molecule has 0 amide bonds. The molecule has 3 heteroatoms. The first-order valence-corrected chi connectivity index (χ1v) is 3.91. The largest absolute Gasteiger partial charge is 0.288 e. The third-order valence-electron chi connectivity index (χ3n) is 0.423. The van der Waals surface area contributed by atoms with Crippen molar-refractivity contribution in [1.82, 2.24) is 0 Å². The zero-order chi connectivity index (χ0) is 5.70. The SMILES string of the molecule is CC(=O)SCCP. The fourth-order valence-corrected chi connectivity index (χ4v) is 0.962. The van der Waals surface area contributed by atoms with Crippen LogP contribution in [0.15, 0.2) is 0 Å². The van der Waals surface area contributed by atoms with Crippen molar-refractivity contribution in [2.45, 2.75) is 6.92 Å². The molecule has 1 unspecified atom stereocenters. The van der Waals surface area contributed by atoms with Crippen LogP contribution < -0.4 is 0 Å². The quantitative estimate of drug-likeness (QED) is 0.529. The highest BCUT2D eigenvalue weighted by Crippen LogP contribution is 2.00. The summed E-state index contributed by atoms with van der Waals surface area (Å²) < 4.78 is 0. The standard InChI is InChI=1S/C4H9OPS/c1-4(5)7-3-2-6/h2-3,6H2,1H3. The second-order valence-corrected chi connectivity index (χ2v) is 2.98. The van der Waals surface area contributed by atoms with Gasteiger partial charge in [-0.3, -0.25) is 4.79 Å². The van der Waals surface area contributed by atoms with E-state index in [4.69, 9.17) is 0 Å². The second-order valence-electron chi connectivity index (χ2n) is 1.13. The molecular formula is C4H9OPS. The molecule has 1 nitrogen and oxygen atoms in total. The summed E-state index contributed by atoms with van der Waals surface area (Å²) in [6.07, 6.45) is 1.00. The van der Waals surface area contributed by atoms with Crippen LogP contribution in [0.5, 0.6) is 0 Å². The van der Waals surface area contributed by atoms with E-state index in [1.807, 2.05) is 0 Å². The summed E-state index contributed by atoms with van der Waals surface area (Å²) in [5, 5.41) is 0.211. The number of hydrogen-bond acceptors (Lipinski definition) is 2. The van der Waals surface area contributed by atoms with Crippen molar-refractivity contribution in [2.24, 2.45) is 0 Å². The number of thioether (sulfide) groups is 1. The van der Waals surface area contributed by atoms with Gasteiger partial charge in [0, 0.05) is 12.7 Å². The molecule has 0 aromatic rings. The van der Waals surface area contributed by atoms with Crippen LogP contribution in [0.25, 0.3) is 0 Å². The van der Waals surface area contributed by atoms with Gasteiger partial charge in [-0.15, -0.1) is 9.24 Å². The number of carbonyl (C=O) groups excluding carboxylic acids is 1. The summed E-state index contributed by atoms with van der Waals surface area (Å²) in [4.78, 5) is 10.2. The molecule has 0 aromatic carbocycles. The minimum Gasteiger partial charge on any atom is -0.288 e. The van der Waals surface area contributed by atoms with E-state index in [1.54, 1.807) is 6.92 Å². The van der Waals surface area contributed by atoms with Crippen LogP contribution in [0, 0.1) is 0 Å². The summed E-state index contributed by atoms with van der Waals surface area (Å²) in [7, 11) is 2.57. The van der Waals surface area contributed by atoms with Gasteiger partial charge >= 0.3 is 0 Å². The van der Waals surface area contributed by atoms with Gasteiger partial charge in [0.25, 0.3) is 0 Å². The van der Waals surface area contributed by atoms with Crippen molar-refractivity contribution >= 4 is 26.1 Å². The van der Waals surface area contributed by atoms with Gasteiger partial charge in [-0.2, -0.15) is 0 Å². The Kier molecular flexibility index (Phi) is 4.90. The fourth-order valence-electron chi connectivity index (χ4n) is 0.203. The third kappa shape index (κ3) is 6.45. The molecule has 0 bridgehead atoms. The van der Waals surface area contributed by atoms with E-state index in [1.165, 1.54) is 11.8 Å². The summed E-state index contributed by atoms with van der Waals surface area (Å²) in [6.45, 7) is 1.59. The highest BCUT2D eigenvalue weighted by molar-refractivity contribution is 8.13. The zero-order valence-corrected chi connectivity index (χ0v) is 6.28. The van der Waals surface area contributed by atoms with Crippen LogP contribution in [-0.2, 0) is 4.79 Å². The van der Waals surface area contributed by atoms with Gasteiger partial charge in [0.05, 0.1) is 0 Å². The van der Waals surface area contributed by atoms with Crippen molar-refractivity contribution in [2.75, 3.05) is 11.9 Å². The van der Waals surface area contributed by atoms with Crippen molar-refractivity contribution in [1.29, 1.82) is 0 Å². The van der Waals surface area contributed by atoms with E-state index in [0.29, 0.717) is 0 Å². The predicted molar refractivity (Wildman–Crippen MR) is 37.7 cm³/mol. The molecule has 0 N–H and O–H groups in total. The van der Waals surface area contributed by atoms with E-state index in [2.05, 4.69) is 9.24 Å². The van der Waals surface area contributed by atoms with E-state index < -0.39 is 0 Å². The topological polar surface area (TPSA) is 17.1 Å². The summed E-state index contributed by atoms with van der Waals surface area (Å²) in [5.74, 6) is 0.931. The van der Waals surface area contributed by atoms with E-state index in [-0.39, 0.29) is 5.12 Å². The average molecular weight is 136 g/mol. The molecule has 0 saturated heterocycles. The molecular weight excluding hydrogens is 127 g/mol. The second kappa shape index (κ2) is 4.61. The van der Waals surface area contributed by atoms with Crippen LogP contribution in [0.2, 0.25) is 0 Å². The smallest absolute Gasteiger partial charge is 0.185 e. The van der Waals surface area contributed by atoms with Gasteiger partial charge in [0.1, 0.15) is 0 Å². The van der Waals surface area contributed by atoms with Gasteiger partial charge in [-0.05, 0) is 6.16 Å². The first-order chi connectivity index (χ1) is 3.27. The Morgan fingerprint density at radius 1 is 1.86 bits per heavy atom. The van der Waals surface area contributed by atoms with Crippen LogP contribution in [0.3, 0.4) is 0 Å². The van der Waals surface area contributed by atoms with Crippen LogP contribution in [0.1, 0.15) is 6.92 Å². The summed E-state index contributed by atoms with van der Waals surface area (Å²) in [5.41, 5.74) is 0. The first kappa shape index (κ1) is 7.45. The molecule has 0 aromatic heterocycles. The van der Waals surface area contributed by atoms with Crippen molar-refractivity contribution in [3.05, 3.63) is 0 Å². The van der Waals surface area contributed by atoms with Crippen LogP contribution >= 0.6 is 21.0 Å². The van der Waals surface area contributed by atoms with E-state index >= 15 is 0 Å². The Labute approximate surface area is 50.4 Å². The Morgan fingerprint density at radius 3 is 2.57 bits per heavy atom. The predicted octanol–water partition coefficient (Wildman–Crippen LogP) is 1.14. The Balaban J connectivity index is 2.82. The van der Waals surface area contributed by atoms with Gasteiger partial charge in [0.2, 0.25) is 0 Å². The molecule has 0 aliphatic carbocycles. The molecule has 0 saturated carbocycles. The van der Waals surface area contributed by atoms with Gasteiger partial charge < -0.3 is 0 Å². The molecule has 0 aliphatic rings. The van der Waals surface area contributed by atoms with Crippen LogP contribution in [-0.4, -0.2) is 17.0 Å². The molecule has 0 spiro atoms. The Bertz CT molecular complexity index is 64.7. The molecule has 0 fully saturated rings. The molecule has 0 rings (SSSR count). The lowest BCUT2D eigenvalue weighted by molar-refractivity contribution is -0.109. The summed E-state index contributed by atoms with van der Waals surface area (Å²) in [6, 6.07) is 0. The highest BCUT2D eigenvalue weighted by Gasteiger charge is 1.87. The molecule has 0 heterocycles.